The average molecular weight is 325 g/mol. The summed E-state index contributed by atoms with van der Waals surface area (Å²) in [4.78, 5) is 9.84. The van der Waals surface area contributed by atoms with Crippen LogP contribution >= 0.6 is 27.7 Å². The number of nitrogen functional groups attached to an aromatic ring is 1. The van der Waals surface area contributed by atoms with Crippen molar-refractivity contribution in [3.05, 3.63) is 40.6 Å². The van der Waals surface area contributed by atoms with E-state index in [2.05, 4.69) is 31.3 Å². The van der Waals surface area contributed by atoms with Gasteiger partial charge in [0.05, 0.1) is 0 Å². The van der Waals surface area contributed by atoms with Gasteiger partial charge in [-0.2, -0.15) is 0 Å². The first kappa shape index (κ1) is 13.3. The molecule has 1 aromatic heterocycles. The van der Waals surface area contributed by atoms with E-state index >= 15 is 0 Å². The molecule has 0 aliphatic rings. The Bertz CT molecular complexity index is 525. The number of hydrazine groups is 1. The lowest BCUT2D eigenvalue weighted by atomic mass is 10.4. The van der Waals surface area contributed by atoms with E-state index in [4.69, 9.17) is 5.84 Å². The number of rotatable bonds is 4. The number of nitrogens with two attached hydrogens (primary N) is 1. The molecule has 6 heteroatoms. The van der Waals surface area contributed by atoms with Crippen molar-refractivity contribution in [3.63, 3.8) is 0 Å². The van der Waals surface area contributed by atoms with E-state index in [1.165, 1.54) is 0 Å². The zero-order valence-electron chi connectivity index (χ0n) is 9.85. The van der Waals surface area contributed by atoms with Crippen molar-refractivity contribution < 1.29 is 0 Å². The van der Waals surface area contributed by atoms with E-state index in [1.54, 1.807) is 11.8 Å². The second kappa shape index (κ2) is 6.17. The Balaban J connectivity index is 2.28. The lowest BCUT2D eigenvalue weighted by molar-refractivity contribution is 0.888. The first-order valence-corrected chi connectivity index (χ1v) is 7.10. The van der Waals surface area contributed by atoms with Gasteiger partial charge in [0.1, 0.15) is 16.7 Å². The van der Waals surface area contributed by atoms with Crippen molar-refractivity contribution in [2.24, 2.45) is 5.84 Å². The molecule has 18 heavy (non-hydrogen) atoms. The first-order valence-electron chi connectivity index (χ1n) is 5.49. The number of aromatic nitrogens is 2. The van der Waals surface area contributed by atoms with Crippen LogP contribution in [0.15, 0.2) is 44.7 Å². The van der Waals surface area contributed by atoms with Crippen LogP contribution in [0.2, 0.25) is 0 Å². The van der Waals surface area contributed by atoms with Crippen molar-refractivity contribution in [1.29, 1.82) is 0 Å². The molecule has 0 atom stereocenters. The van der Waals surface area contributed by atoms with E-state index in [0.717, 1.165) is 26.6 Å². The summed E-state index contributed by atoms with van der Waals surface area (Å²) in [7, 11) is 0. The molecule has 0 saturated heterocycles. The quantitative estimate of drug-likeness (QED) is 0.513. The summed E-state index contributed by atoms with van der Waals surface area (Å²) >= 11 is 5.04. The van der Waals surface area contributed by atoms with Gasteiger partial charge in [-0.25, -0.2) is 15.8 Å². The lowest BCUT2D eigenvalue weighted by Crippen LogP contribution is -2.10. The molecule has 2 aromatic rings. The van der Waals surface area contributed by atoms with Crippen molar-refractivity contribution in [3.8, 4) is 0 Å². The molecule has 3 N–H and O–H groups in total. The van der Waals surface area contributed by atoms with E-state index in [1.807, 2.05) is 37.3 Å². The van der Waals surface area contributed by atoms with Gasteiger partial charge in [0.25, 0.3) is 0 Å². The fraction of sp³-hybridized carbons (Fsp3) is 0.167. The van der Waals surface area contributed by atoms with Gasteiger partial charge in [0.2, 0.25) is 0 Å². The monoisotopic (exact) mass is 324 g/mol. The van der Waals surface area contributed by atoms with E-state index < -0.39 is 0 Å². The molecular formula is C12H13BrN4S. The minimum atomic E-state index is 0.638. The van der Waals surface area contributed by atoms with Crippen LogP contribution in [0.4, 0.5) is 5.82 Å². The fourth-order valence-electron chi connectivity index (χ4n) is 1.41. The highest BCUT2D eigenvalue weighted by Gasteiger charge is 2.05. The molecule has 0 saturated carbocycles. The maximum absolute atomic E-state index is 5.40. The Hall–Kier alpha value is -1.11. The number of nitrogens with one attached hydrogen (secondary N) is 1. The second-order valence-corrected chi connectivity index (χ2v) is 5.57. The highest BCUT2D eigenvalue weighted by molar-refractivity contribution is 9.10. The van der Waals surface area contributed by atoms with Crippen LogP contribution in [0.5, 0.6) is 0 Å². The van der Waals surface area contributed by atoms with Crippen LogP contribution in [-0.2, 0) is 6.42 Å². The van der Waals surface area contributed by atoms with Crippen LogP contribution in [0, 0.1) is 0 Å². The maximum Gasteiger partial charge on any atom is 0.144 e. The van der Waals surface area contributed by atoms with Crippen molar-refractivity contribution in [2.75, 3.05) is 5.43 Å². The maximum atomic E-state index is 5.40. The number of hydrogen-bond donors (Lipinski definition) is 2. The zero-order valence-corrected chi connectivity index (χ0v) is 12.3. The first-order chi connectivity index (χ1) is 8.71. The van der Waals surface area contributed by atoms with E-state index in [-0.39, 0.29) is 0 Å². The van der Waals surface area contributed by atoms with Crippen molar-refractivity contribution >= 4 is 33.5 Å². The summed E-state index contributed by atoms with van der Waals surface area (Å²) in [6.07, 6.45) is 0.779. The van der Waals surface area contributed by atoms with E-state index in [9.17, 15) is 0 Å². The molecule has 0 fully saturated rings. The van der Waals surface area contributed by atoms with Crippen LogP contribution in [-0.4, -0.2) is 9.97 Å². The van der Waals surface area contributed by atoms with Crippen molar-refractivity contribution in [2.45, 2.75) is 23.3 Å². The van der Waals surface area contributed by atoms with Gasteiger partial charge in [0.15, 0.2) is 0 Å². The van der Waals surface area contributed by atoms with Gasteiger partial charge < -0.3 is 5.43 Å². The van der Waals surface area contributed by atoms with Gasteiger partial charge in [-0.3, -0.25) is 0 Å². The minimum absolute atomic E-state index is 0.638. The summed E-state index contributed by atoms with van der Waals surface area (Å²) in [5, 5.41) is 0.882. The fourth-order valence-corrected chi connectivity index (χ4v) is 2.85. The van der Waals surface area contributed by atoms with Gasteiger partial charge in [-0.15, -0.1) is 0 Å². The number of nitrogens with zero attached hydrogens (tertiary/aromatic N) is 2. The largest absolute Gasteiger partial charge is 0.308 e. The topological polar surface area (TPSA) is 63.8 Å². The molecular weight excluding hydrogens is 312 g/mol. The summed E-state index contributed by atoms with van der Waals surface area (Å²) in [6.45, 7) is 2.02. The van der Waals surface area contributed by atoms with Crippen LogP contribution in [0.1, 0.15) is 12.7 Å². The molecule has 0 bridgehead atoms. The molecule has 0 unspecified atom stereocenters. The third kappa shape index (κ3) is 3.44. The number of aryl methyl sites for hydroxylation is 1. The van der Waals surface area contributed by atoms with E-state index in [0.29, 0.717) is 5.82 Å². The predicted octanol–water partition coefficient (Wildman–Crippen LogP) is 3.24. The SMILES string of the molecule is CCc1nc(NN)cc(Sc2cccc(Br)c2)n1. The van der Waals surface area contributed by atoms with Crippen LogP contribution in [0.3, 0.4) is 0 Å². The summed E-state index contributed by atoms with van der Waals surface area (Å²) in [5.41, 5.74) is 2.57. The second-order valence-electron chi connectivity index (χ2n) is 3.56. The minimum Gasteiger partial charge on any atom is -0.308 e. The normalized spacial score (nSPS) is 10.4. The molecule has 0 amide bonds. The highest BCUT2D eigenvalue weighted by atomic mass is 79.9. The molecule has 1 aromatic carbocycles. The Kier molecular flexibility index (Phi) is 4.57. The van der Waals surface area contributed by atoms with Gasteiger partial charge >= 0.3 is 0 Å². The zero-order chi connectivity index (χ0) is 13.0. The van der Waals surface area contributed by atoms with Crippen LogP contribution < -0.4 is 11.3 Å². The Morgan fingerprint density at radius 2 is 2.17 bits per heavy atom. The third-order valence-corrected chi connectivity index (χ3v) is 3.63. The molecule has 94 valence electrons. The number of halogens is 1. The Morgan fingerprint density at radius 3 is 2.83 bits per heavy atom. The molecule has 0 aliphatic carbocycles. The standard InChI is InChI=1S/C12H13BrN4S/c1-2-10-15-11(17-14)7-12(16-10)18-9-5-3-4-8(13)6-9/h3-7H,2,14H2,1H3,(H,15,16,17). The molecule has 0 spiro atoms. The summed E-state index contributed by atoms with van der Waals surface area (Å²) < 4.78 is 1.05. The number of anilines is 1. The van der Waals surface area contributed by atoms with Gasteiger partial charge in [-0.05, 0) is 18.2 Å². The molecule has 0 radical (unpaired) electrons. The predicted molar refractivity (Wildman–Crippen MR) is 77.5 cm³/mol. The molecule has 1 heterocycles. The smallest absolute Gasteiger partial charge is 0.144 e. The summed E-state index contributed by atoms with van der Waals surface area (Å²) in [6, 6.07) is 9.92. The molecule has 4 nitrogen and oxygen atoms in total. The highest BCUT2D eigenvalue weighted by Crippen LogP contribution is 2.29. The summed E-state index contributed by atoms with van der Waals surface area (Å²) in [5.74, 6) is 6.82. The Morgan fingerprint density at radius 1 is 1.33 bits per heavy atom. The third-order valence-electron chi connectivity index (χ3n) is 2.23. The van der Waals surface area contributed by atoms with Gasteiger partial charge in [0, 0.05) is 21.9 Å². The number of hydrogen-bond acceptors (Lipinski definition) is 5. The van der Waals surface area contributed by atoms with Crippen LogP contribution in [0.25, 0.3) is 0 Å². The average Bonchev–Trinajstić information content (AvgIpc) is 2.38. The molecule has 0 aliphatic heterocycles. The van der Waals surface area contributed by atoms with Gasteiger partial charge in [-0.1, -0.05) is 40.7 Å². The lowest BCUT2D eigenvalue weighted by Gasteiger charge is -2.06. The Labute approximate surface area is 119 Å². The molecule has 2 rings (SSSR count). The van der Waals surface area contributed by atoms with Crippen molar-refractivity contribution in [1.82, 2.24) is 9.97 Å². The number of benzene rings is 1.